The number of hydrogen-bond donors (Lipinski definition) is 2. The molecule has 6 nitrogen and oxygen atoms in total. The summed E-state index contributed by atoms with van der Waals surface area (Å²) < 4.78 is 40.8. The fourth-order valence-electron chi connectivity index (χ4n) is 1.10. The number of benzene rings is 1. The number of amides is 1. The average Bonchev–Trinajstić information content (AvgIpc) is 2.20. The van der Waals surface area contributed by atoms with Crippen molar-refractivity contribution in [1.82, 2.24) is 0 Å². The molecule has 1 amide bonds. The highest BCUT2D eigenvalue weighted by Crippen LogP contribution is 2.29. The molecule has 0 aliphatic rings. The van der Waals surface area contributed by atoms with Gasteiger partial charge in [-0.25, -0.2) is 17.9 Å². The molecule has 18 heavy (non-hydrogen) atoms. The van der Waals surface area contributed by atoms with Crippen molar-refractivity contribution in [2.45, 2.75) is 11.3 Å². The van der Waals surface area contributed by atoms with Crippen LogP contribution in [0.3, 0.4) is 0 Å². The van der Waals surface area contributed by atoms with E-state index in [0.29, 0.717) is 0 Å². The summed E-state index contributed by atoms with van der Waals surface area (Å²) in [7, 11) is -4.14. The lowest BCUT2D eigenvalue weighted by Crippen LogP contribution is -2.16. The van der Waals surface area contributed by atoms with Crippen LogP contribution in [0.2, 0.25) is 0 Å². The van der Waals surface area contributed by atoms with Crippen LogP contribution < -0.4 is 15.6 Å². The number of rotatable bonds is 5. The number of primary amides is 1. The van der Waals surface area contributed by atoms with E-state index in [1.807, 2.05) is 0 Å². The van der Waals surface area contributed by atoms with Gasteiger partial charge in [-0.15, -0.1) is 0 Å². The van der Waals surface area contributed by atoms with Crippen molar-refractivity contribution in [2.75, 3.05) is 6.61 Å². The van der Waals surface area contributed by atoms with Crippen LogP contribution in [0, 0.1) is 5.82 Å². The molecule has 0 aromatic heterocycles. The molecule has 4 N–H and O–H groups in total. The first-order chi connectivity index (χ1) is 8.21. The zero-order valence-corrected chi connectivity index (χ0v) is 11.4. The fraction of sp³-hybridized carbons (Fsp3) is 0.222. The van der Waals surface area contributed by atoms with Crippen LogP contribution in [0.1, 0.15) is 6.42 Å². The van der Waals surface area contributed by atoms with Crippen molar-refractivity contribution in [3.05, 3.63) is 22.4 Å². The molecule has 0 unspecified atom stereocenters. The average molecular weight is 341 g/mol. The molecule has 1 aromatic carbocycles. The summed E-state index contributed by atoms with van der Waals surface area (Å²) in [6.45, 7) is -0.0396. The molecule has 0 radical (unpaired) electrons. The van der Waals surface area contributed by atoms with Crippen LogP contribution >= 0.6 is 15.9 Å². The fourth-order valence-corrected chi connectivity index (χ4v) is 2.32. The minimum Gasteiger partial charge on any atom is -0.492 e. The quantitative estimate of drug-likeness (QED) is 0.811. The largest absolute Gasteiger partial charge is 0.492 e. The summed E-state index contributed by atoms with van der Waals surface area (Å²) >= 11 is 3.01. The molecule has 0 heterocycles. The Morgan fingerprint density at radius 1 is 1.44 bits per heavy atom. The van der Waals surface area contributed by atoms with Gasteiger partial charge in [-0.05, 0) is 22.0 Å². The Labute approximate surface area is 111 Å². The van der Waals surface area contributed by atoms with Crippen molar-refractivity contribution in [2.24, 2.45) is 10.9 Å². The number of hydrogen-bond acceptors (Lipinski definition) is 4. The van der Waals surface area contributed by atoms with Crippen LogP contribution in [0.5, 0.6) is 5.75 Å². The zero-order valence-electron chi connectivity index (χ0n) is 9.02. The Morgan fingerprint density at radius 2 is 2.06 bits per heavy atom. The Balaban J connectivity index is 2.97. The second kappa shape index (κ2) is 5.63. The number of nitrogens with two attached hydrogens (primary N) is 2. The molecule has 0 fully saturated rings. The monoisotopic (exact) mass is 340 g/mol. The normalized spacial score (nSPS) is 11.3. The molecule has 0 spiro atoms. The van der Waals surface area contributed by atoms with E-state index in [1.54, 1.807) is 0 Å². The lowest BCUT2D eigenvalue weighted by atomic mass is 10.3. The first-order valence-electron chi connectivity index (χ1n) is 4.64. The minimum atomic E-state index is -4.14. The number of carbonyl (C=O) groups excluding carboxylic acids is 1. The van der Waals surface area contributed by atoms with Gasteiger partial charge in [0.25, 0.3) is 0 Å². The molecule has 0 aliphatic heterocycles. The summed E-state index contributed by atoms with van der Waals surface area (Å²) in [5.74, 6) is -1.54. The summed E-state index contributed by atoms with van der Waals surface area (Å²) in [5, 5.41) is 4.83. The van der Waals surface area contributed by atoms with E-state index in [2.05, 4.69) is 15.9 Å². The van der Waals surface area contributed by atoms with Crippen molar-refractivity contribution >= 4 is 31.9 Å². The van der Waals surface area contributed by atoms with Gasteiger partial charge in [0.15, 0.2) is 0 Å². The summed E-state index contributed by atoms with van der Waals surface area (Å²) in [6, 6.07) is 1.86. The van der Waals surface area contributed by atoms with Gasteiger partial charge in [0.2, 0.25) is 15.9 Å². The predicted molar refractivity (Wildman–Crippen MR) is 64.8 cm³/mol. The highest BCUT2D eigenvalue weighted by molar-refractivity contribution is 9.10. The van der Waals surface area contributed by atoms with E-state index in [-0.39, 0.29) is 23.2 Å². The van der Waals surface area contributed by atoms with E-state index >= 15 is 0 Å². The maximum Gasteiger partial charge on any atom is 0.241 e. The van der Waals surface area contributed by atoms with E-state index in [4.69, 9.17) is 15.6 Å². The third-order valence-electron chi connectivity index (χ3n) is 1.90. The molecule has 0 saturated heterocycles. The molecule has 0 saturated carbocycles. The second-order valence-corrected chi connectivity index (χ2v) is 5.71. The van der Waals surface area contributed by atoms with Gasteiger partial charge < -0.3 is 10.5 Å². The molecule has 0 bridgehead atoms. The number of ether oxygens (including phenoxy) is 1. The van der Waals surface area contributed by atoms with E-state index in [9.17, 15) is 17.6 Å². The Kier molecular flexibility index (Phi) is 4.65. The van der Waals surface area contributed by atoms with Crippen molar-refractivity contribution in [3.8, 4) is 5.75 Å². The van der Waals surface area contributed by atoms with E-state index in [0.717, 1.165) is 12.1 Å². The standard InChI is InChI=1S/C9H10BrFN2O4S/c10-5-3-8(18(13,15)16)6(11)4-7(5)17-2-1-9(12)14/h3-4H,1-2H2,(H2,12,14)(H2,13,15,16). The Bertz CT molecular complexity index is 576. The molecule has 0 aliphatic carbocycles. The zero-order chi connectivity index (χ0) is 13.9. The van der Waals surface area contributed by atoms with Crippen LogP contribution in [-0.2, 0) is 14.8 Å². The van der Waals surface area contributed by atoms with Crippen LogP contribution in [0.15, 0.2) is 21.5 Å². The molecule has 9 heteroatoms. The van der Waals surface area contributed by atoms with Crippen LogP contribution in [-0.4, -0.2) is 20.9 Å². The molecule has 0 atom stereocenters. The second-order valence-electron chi connectivity index (χ2n) is 3.32. The number of primary sulfonamides is 1. The van der Waals surface area contributed by atoms with E-state index < -0.39 is 26.6 Å². The third kappa shape index (κ3) is 3.93. The van der Waals surface area contributed by atoms with Crippen molar-refractivity contribution < 1.29 is 22.3 Å². The smallest absolute Gasteiger partial charge is 0.241 e. The lowest BCUT2D eigenvalue weighted by Gasteiger charge is -2.09. The topological polar surface area (TPSA) is 112 Å². The van der Waals surface area contributed by atoms with Gasteiger partial charge >= 0.3 is 0 Å². The van der Waals surface area contributed by atoms with Crippen molar-refractivity contribution in [3.63, 3.8) is 0 Å². The lowest BCUT2D eigenvalue weighted by molar-refractivity contribution is -0.118. The number of carbonyl (C=O) groups is 1. The maximum atomic E-state index is 13.5. The molecule has 100 valence electrons. The van der Waals surface area contributed by atoms with Gasteiger partial charge in [-0.1, -0.05) is 0 Å². The van der Waals surface area contributed by atoms with Crippen LogP contribution in [0.25, 0.3) is 0 Å². The summed E-state index contributed by atoms with van der Waals surface area (Å²) in [5.41, 5.74) is 4.91. The van der Waals surface area contributed by atoms with Gasteiger partial charge in [0, 0.05) is 6.07 Å². The Hall–Kier alpha value is -1.19. The first kappa shape index (κ1) is 14.9. The predicted octanol–water partition coefficient (Wildman–Crippen LogP) is 0.490. The molecule has 1 aromatic rings. The summed E-state index contributed by atoms with van der Waals surface area (Å²) in [4.78, 5) is 9.85. The van der Waals surface area contributed by atoms with Crippen LogP contribution in [0.4, 0.5) is 4.39 Å². The first-order valence-corrected chi connectivity index (χ1v) is 6.98. The van der Waals surface area contributed by atoms with Gasteiger partial charge in [0.1, 0.15) is 16.5 Å². The number of halogens is 2. The molecule has 1 rings (SSSR count). The number of sulfonamides is 1. The van der Waals surface area contributed by atoms with Gasteiger partial charge in [-0.3, -0.25) is 4.79 Å². The third-order valence-corrected chi connectivity index (χ3v) is 3.44. The molecular formula is C9H10BrFN2O4S. The van der Waals surface area contributed by atoms with Gasteiger partial charge in [-0.2, -0.15) is 0 Å². The SMILES string of the molecule is NC(=O)CCOc1cc(F)c(S(N)(=O)=O)cc1Br. The Morgan fingerprint density at radius 3 is 2.56 bits per heavy atom. The molecular weight excluding hydrogens is 331 g/mol. The highest BCUT2D eigenvalue weighted by Gasteiger charge is 2.17. The highest BCUT2D eigenvalue weighted by atomic mass is 79.9. The van der Waals surface area contributed by atoms with Gasteiger partial charge in [0.05, 0.1) is 17.5 Å². The van der Waals surface area contributed by atoms with Crippen molar-refractivity contribution in [1.29, 1.82) is 0 Å². The maximum absolute atomic E-state index is 13.5. The minimum absolute atomic E-state index is 0.0367. The van der Waals surface area contributed by atoms with E-state index in [1.165, 1.54) is 0 Å². The summed E-state index contributed by atoms with van der Waals surface area (Å²) in [6.07, 6.45) is -0.0367.